The number of likely N-dealkylation sites (N-methyl/N-ethyl adjacent to an activating group) is 1. The molecule has 1 aliphatic rings. The summed E-state index contributed by atoms with van der Waals surface area (Å²) in [6, 6.07) is 11.5. The van der Waals surface area contributed by atoms with Crippen molar-refractivity contribution in [1.82, 2.24) is 4.90 Å². The first-order chi connectivity index (χ1) is 8.27. The lowest BCUT2D eigenvalue weighted by atomic mass is 10.2. The molecule has 0 spiro atoms. The third-order valence-electron chi connectivity index (χ3n) is 3.55. The summed E-state index contributed by atoms with van der Waals surface area (Å²) in [5.41, 5.74) is 1.19. The van der Waals surface area contributed by atoms with Crippen molar-refractivity contribution in [2.45, 2.75) is 25.4 Å². The molecule has 2 atom stereocenters. The van der Waals surface area contributed by atoms with Crippen LogP contribution >= 0.6 is 0 Å². The van der Waals surface area contributed by atoms with Crippen molar-refractivity contribution in [2.24, 2.45) is 0 Å². The third-order valence-corrected chi connectivity index (χ3v) is 3.55. The molecule has 0 aromatic heterocycles. The minimum Gasteiger partial charge on any atom is -0.383 e. The summed E-state index contributed by atoms with van der Waals surface area (Å²) in [4.78, 5) is 2.42. The summed E-state index contributed by atoms with van der Waals surface area (Å²) >= 11 is 0. The highest BCUT2D eigenvalue weighted by molar-refractivity contribution is 5.42. The maximum Gasteiger partial charge on any atom is 0.0622 e. The molecule has 2 unspecified atom stereocenters. The Bertz CT molecular complexity index is 322. The molecule has 3 heteroatoms. The summed E-state index contributed by atoms with van der Waals surface area (Å²) in [7, 11) is 2.19. The molecular weight excluding hydrogens is 212 g/mol. The number of nitrogens with one attached hydrogen (secondary N) is 1. The topological polar surface area (TPSA) is 24.5 Å². The molecule has 2 rings (SSSR count). The number of ether oxygens (including phenoxy) is 1. The van der Waals surface area contributed by atoms with Gasteiger partial charge in [0.05, 0.1) is 6.61 Å². The summed E-state index contributed by atoms with van der Waals surface area (Å²) in [5.74, 6) is 0. The second kappa shape index (κ2) is 6.03. The highest BCUT2D eigenvalue weighted by atomic mass is 16.5. The maximum atomic E-state index is 5.43. The number of benzene rings is 1. The van der Waals surface area contributed by atoms with E-state index in [9.17, 15) is 0 Å². The van der Waals surface area contributed by atoms with Crippen molar-refractivity contribution in [1.29, 1.82) is 0 Å². The number of hydrogen-bond donors (Lipinski definition) is 1. The molecule has 0 radical (unpaired) electrons. The van der Waals surface area contributed by atoms with E-state index in [4.69, 9.17) is 4.74 Å². The Hall–Kier alpha value is -1.06. The van der Waals surface area contributed by atoms with Gasteiger partial charge in [0.15, 0.2) is 0 Å². The molecule has 0 amide bonds. The Labute approximate surface area is 104 Å². The highest BCUT2D eigenvalue weighted by Gasteiger charge is 2.23. The van der Waals surface area contributed by atoms with Gasteiger partial charge in [-0.15, -0.1) is 0 Å². The molecule has 1 saturated heterocycles. The van der Waals surface area contributed by atoms with Crippen LogP contribution in [0.5, 0.6) is 0 Å². The minimum atomic E-state index is 0.516. The van der Waals surface area contributed by atoms with Crippen LogP contribution in [-0.2, 0) is 4.74 Å². The Balaban J connectivity index is 1.78. The van der Waals surface area contributed by atoms with Crippen molar-refractivity contribution in [3.05, 3.63) is 30.3 Å². The fraction of sp³-hybridized carbons (Fsp3) is 0.571. The van der Waals surface area contributed by atoms with E-state index < -0.39 is 0 Å². The quantitative estimate of drug-likeness (QED) is 0.845. The Morgan fingerprint density at radius 1 is 1.41 bits per heavy atom. The van der Waals surface area contributed by atoms with E-state index in [1.54, 1.807) is 0 Å². The zero-order valence-corrected chi connectivity index (χ0v) is 10.7. The van der Waals surface area contributed by atoms with Gasteiger partial charge in [-0.3, -0.25) is 4.90 Å². The molecule has 17 heavy (non-hydrogen) atoms. The lowest BCUT2D eigenvalue weighted by Crippen LogP contribution is -2.42. The predicted octanol–water partition coefficient (Wildman–Crippen LogP) is 2.21. The van der Waals surface area contributed by atoms with Gasteiger partial charge in [0, 0.05) is 30.9 Å². The normalized spacial score (nSPS) is 21.7. The molecule has 1 aliphatic heterocycles. The number of nitrogens with zero attached hydrogens (tertiary/aromatic N) is 1. The van der Waals surface area contributed by atoms with E-state index in [0.717, 1.165) is 26.2 Å². The maximum absolute atomic E-state index is 5.43. The largest absolute Gasteiger partial charge is 0.383 e. The van der Waals surface area contributed by atoms with Crippen LogP contribution < -0.4 is 5.32 Å². The van der Waals surface area contributed by atoms with Crippen molar-refractivity contribution in [3.63, 3.8) is 0 Å². The summed E-state index contributed by atoms with van der Waals surface area (Å²) < 4.78 is 5.43. The van der Waals surface area contributed by atoms with Gasteiger partial charge in [0.2, 0.25) is 0 Å². The lowest BCUT2D eigenvalue weighted by molar-refractivity contribution is 0.141. The second-order valence-electron chi connectivity index (χ2n) is 4.78. The summed E-state index contributed by atoms with van der Waals surface area (Å²) in [6.45, 7) is 5.02. The molecule has 1 N–H and O–H groups in total. The van der Waals surface area contributed by atoms with Crippen molar-refractivity contribution >= 4 is 5.69 Å². The first kappa shape index (κ1) is 12.4. The van der Waals surface area contributed by atoms with E-state index in [1.807, 2.05) is 6.07 Å². The van der Waals surface area contributed by atoms with Crippen LogP contribution in [0.2, 0.25) is 0 Å². The van der Waals surface area contributed by atoms with Gasteiger partial charge in [-0.2, -0.15) is 0 Å². The minimum absolute atomic E-state index is 0.516. The Morgan fingerprint density at radius 3 is 2.82 bits per heavy atom. The summed E-state index contributed by atoms with van der Waals surface area (Å²) in [6.07, 6.45) is 1.16. The number of rotatable bonds is 5. The molecule has 1 fully saturated rings. The second-order valence-corrected chi connectivity index (χ2v) is 4.78. The number of para-hydroxylation sites is 1. The van der Waals surface area contributed by atoms with Gasteiger partial charge in [-0.1, -0.05) is 18.2 Å². The standard InChI is InChI=1S/C14H22N2O/c1-12(16(2)14-8-9-17-11-14)10-15-13-6-4-3-5-7-13/h3-7,12,14-15H,8-11H2,1-2H3. The smallest absolute Gasteiger partial charge is 0.0622 e. The molecule has 3 nitrogen and oxygen atoms in total. The number of anilines is 1. The van der Waals surface area contributed by atoms with E-state index in [-0.39, 0.29) is 0 Å². The Kier molecular flexibility index (Phi) is 4.40. The van der Waals surface area contributed by atoms with Crippen molar-refractivity contribution in [3.8, 4) is 0 Å². The van der Waals surface area contributed by atoms with Gasteiger partial charge < -0.3 is 10.1 Å². The molecule has 0 bridgehead atoms. The van der Waals surface area contributed by atoms with E-state index >= 15 is 0 Å². The van der Waals surface area contributed by atoms with E-state index in [2.05, 4.69) is 48.5 Å². The van der Waals surface area contributed by atoms with Crippen LogP contribution in [0.3, 0.4) is 0 Å². The Morgan fingerprint density at radius 2 is 2.18 bits per heavy atom. The third kappa shape index (κ3) is 3.45. The van der Waals surface area contributed by atoms with Crippen LogP contribution in [-0.4, -0.2) is 43.8 Å². The van der Waals surface area contributed by atoms with Crippen molar-refractivity contribution in [2.75, 3.05) is 32.1 Å². The molecule has 1 heterocycles. The zero-order valence-electron chi connectivity index (χ0n) is 10.7. The van der Waals surface area contributed by atoms with Crippen LogP contribution in [0.4, 0.5) is 5.69 Å². The molecule has 0 aliphatic carbocycles. The fourth-order valence-electron chi connectivity index (χ4n) is 2.17. The lowest BCUT2D eigenvalue weighted by Gasteiger charge is -2.30. The van der Waals surface area contributed by atoms with Gasteiger partial charge in [0.25, 0.3) is 0 Å². The van der Waals surface area contributed by atoms with E-state index in [1.165, 1.54) is 5.69 Å². The SMILES string of the molecule is CC(CNc1ccccc1)N(C)C1CCOC1. The van der Waals surface area contributed by atoms with Gasteiger partial charge >= 0.3 is 0 Å². The van der Waals surface area contributed by atoms with Gasteiger partial charge in [-0.25, -0.2) is 0 Å². The fourth-order valence-corrected chi connectivity index (χ4v) is 2.17. The van der Waals surface area contributed by atoms with Crippen LogP contribution in [0, 0.1) is 0 Å². The molecular formula is C14H22N2O. The van der Waals surface area contributed by atoms with Gasteiger partial charge in [-0.05, 0) is 32.5 Å². The average Bonchev–Trinajstić information content (AvgIpc) is 2.90. The van der Waals surface area contributed by atoms with Crippen LogP contribution in [0.1, 0.15) is 13.3 Å². The summed E-state index contributed by atoms with van der Waals surface area (Å²) in [5, 5.41) is 3.47. The average molecular weight is 234 g/mol. The van der Waals surface area contributed by atoms with Crippen LogP contribution in [0.15, 0.2) is 30.3 Å². The first-order valence-electron chi connectivity index (χ1n) is 6.36. The molecule has 94 valence electrons. The van der Waals surface area contributed by atoms with E-state index in [0.29, 0.717) is 12.1 Å². The highest BCUT2D eigenvalue weighted by Crippen LogP contribution is 2.14. The van der Waals surface area contributed by atoms with Crippen LogP contribution in [0.25, 0.3) is 0 Å². The zero-order chi connectivity index (χ0) is 12.1. The monoisotopic (exact) mass is 234 g/mol. The molecule has 1 aromatic rings. The number of hydrogen-bond acceptors (Lipinski definition) is 3. The van der Waals surface area contributed by atoms with Crippen molar-refractivity contribution < 1.29 is 4.74 Å². The predicted molar refractivity (Wildman–Crippen MR) is 71.4 cm³/mol. The molecule has 0 saturated carbocycles. The first-order valence-corrected chi connectivity index (χ1v) is 6.36. The molecule has 1 aromatic carbocycles. The van der Waals surface area contributed by atoms with Gasteiger partial charge in [0.1, 0.15) is 0 Å².